The Kier molecular flexibility index (Phi) is 5.00. The van der Waals surface area contributed by atoms with Gasteiger partial charge in [0.05, 0.1) is 12.1 Å². The van der Waals surface area contributed by atoms with Crippen LogP contribution < -0.4 is 11.1 Å². The molecule has 0 fully saturated rings. The first kappa shape index (κ1) is 17.0. The van der Waals surface area contributed by atoms with E-state index >= 15 is 0 Å². The van der Waals surface area contributed by atoms with Gasteiger partial charge in [-0.25, -0.2) is 4.98 Å². The molecule has 0 unspecified atom stereocenters. The number of rotatable bonds is 6. The number of nitrogens with one attached hydrogen (secondary N) is 1. The van der Waals surface area contributed by atoms with Crippen LogP contribution in [0, 0.1) is 6.92 Å². The number of hydrogen-bond donors (Lipinski definition) is 2. The summed E-state index contributed by atoms with van der Waals surface area (Å²) < 4.78 is 6.91. The number of pyridine rings is 1. The molecule has 2 aromatic heterocycles. The first-order valence-corrected chi connectivity index (χ1v) is 8.29. The Morgan fingerprint density at radius 3 is 2.92 bits per heavy atom. The molecule has 3 N–H and O–H groups in total. The zero-order valence-electron chi connectivity index (χ0n) is 14.5. The number of benzene rings is 1. The SMILES string of the molecule is CCOC(=O)Cn1ccc2c(Nc3cc(CN)cc(C)n3)cccc21. The number of aryl methyl sites for hydroxylation is 1. The highest BCUT2D eigenvalue weighted by atomic mass is 16.5. The topological polar surface area (TPSA) is 82.2 Å². The number of anilines is 2. The second kappa shape index (κ2) is 7.36. The molecule has 0 atom stereocenters. The fourth-order valence-electron chi connectivity index (χ4n) is 2.88. The molecule has 0 radical (unpaired) electrons. The highest BCUT2D eigenvalue weighted by molar-refractivity contribution is 5.94. The van der Waals surface area contributed by atoms with E-state index in [1.165, 1.54) is 0 Å². The number of aromatic nitrogens is 2. The number of carbonyl (C=O) groups is 1. The lowest BCUT2D eigenvalue weighted by Crippen LogP contribution is -2.12. The molecule has 0 amide bonds. The molecular weight excluding hydrogens is 316 g/mol. The predicted octanol–water partition coefficient (Wildman–Crippen LogP) is 3.11. The molecule has 1 aromatic carbocycles. The Balaban J connectivity index is 1.91. The van der Waals surface area contributed by atoms with Crippen LogP contribution in [0.4, 0.5) is 11.5 Å². The lowest BCUT2D eigenvalue weighted by molar-refractivity contribution is -0.143. The average Bonchev–Trinajstić information content (AvgIpc) is 2.98. The smallest absolute Gasteiger partial charge is 0.325 e. The Morgan fingerprint density at radius 2 is 2.16 bits per heavy atom. The second-order valence-electron chi connectivity index (χ2n) is 5.82. The van der Waals surface area contributed by atoms with Gasteiger partial charge in [0.25, 0.3) is 0 Å². The molecule has 25 heavy (non-hydrogen) atoms. The van der Waals surface area contributed by atoms with E-state index in [2.05, 4.69) is 10.3 Å². The van der Waals surface area contributed by atoms with Crippen molar-refractivity contribution in [2.24, 2.45) is 5.73 Å². The maximum atomic E-state index is 11.8. The minimum absolute atomic E-state index is 0.195. The van der Waals surface area contributed by atoms with Crippen molar-refractivity contribution in [1.29, 1.82) is 0 Å². The maximum absolute atomic E-state index is 11.8. The largest absolute Gasteiger partial charge is 0.465 e. The summed E-state index contributed by atoms with van der Waals surface area (Å²) in [6.07, 6.45) is 1.89. The van der Waals surface area contributed by atoms with E-state index in [1.54, 1.807) is 6.92 Å². The lowest BCUT2D eigenvalue weighted by Gasteiger charge is -2.10. The third kappa shape index (κ3) is 3.80. The van der Waals surface area contributed by atoms with Crippen molar-refractivity contribution in [3.8, 4) is 0 Å². The summed E-state index contributed by atoms with van der Waals surface area (Å²) in [6.45, 7) is 4.80. The van der Waals surface area contributed by atoms with Gasteiger partial charge in [-0.05, 0) is 49.7 Å². The summed E-state index contributed by atoms with van der Waals surface area (Å²) in [4.78, 5) is 16.3. The quantitative estimate of drug-likeness (QED) is 0.675. The first-order chi connectivity index (χ1) is 12.1. The molecule has 0 saturated carbocycles. The van der Waals surface area contributed by atoms with E-state index in [-0.39, 0.29) is 12.5 Å². The minimum atomic E-state index is -0.244. The van der Waals surface area contributed by atoms with Crippen LogP contribution in [-0.2, 0) is 22.6 Å². The molecule has 0 saturated heterocycles. The third-order valence-corrected chi connectivity index (χ3v) is 3.93. The normalized spacial score (nSPS) is 10.8. The number of fused-ring (bicyclic) bond motifs is 1. The Hall–Kier alpha value is -2.86. The van der Waals surface area contributed by atoms with Crippen LogP contribution in [0.2, 0.25) is 0 Å². The molecule has 0 bridgehead atoms. The van der Waals surface area contributed by atoms with E-state index in [0.717, 1.165) is 33.7 Å². The lowest BCUT2D eigenvalue weighted by atomic mass is 10.2. The Bertz CT molecular complexity index is 902. The number of ether oxygens (including phenoxy) is 1. The van der Waals surface area contributed by atoms with Crippen molar-refractivity contribution in [2.75, 3.05) is 11.9 Å². The molecule has 0 aliphatic carbocycles. The Labute approximate surface area is 146 Å². The molecule has 0 aliphatic rings. The van der Waals surface area contributed by atoms with Gasteiger partial charge in [0.1, 0.15) is 12.4 Å². The summed E-state index contributed by atoms with van der Waals surface area (Å²) in [6, 6.07) is 11.8. The minimum Gasteiger partial charge on any atom is -0.465 e. The zero-order chi connectivity index (χ0) is 17.8. The van der Waals surface area contributed by atoms with Crippen LogP contribution in [0.15, 0.2) is 42.6 Å². The third-order valence-electron chi connectivity index (χ3n) is 3.93. The molecular formula is C19H22N4O2. The van der Waals surface area contributed by atoms with Crippen molar-refractivity contribution in [3.05, 3.63) is 53.9 Å². The number of esters is 1. The van der Waals surface area contributed by atoms with Gasteiger partial charge in [0.15, 0.2) is 0 Å². The van der Waals surface area contributed by atoms with Gasteiger partial charge in [0, 0.05) is 29.5 Å². The van der Waals surface area contributed by atoms with E-state index in [1.807, 2.05) is 54.1 Å². The van der Waals surface area contributed by atoms with Crippen LogP contribution in [0.5, 0.6) is 0 Å². The van der Waals surface area contributed by atoms with Crippen LogP contribution in [0.25, 0.3) is 10.9 Å². The highest BCUT2D eigenvalue weighted by Gasteiger charge is 2.10. The van der Waals surface area contributed by atoms with Gasteiger partial charge in [-0.2, -0.15) is 0 Å². The van der Waals surface area contributed by atoms with Crippen molar-refractivity contribution >= 4 is 28.4 Å². The van der Waals surface area contributed by atoms with Crippen molar-refractivity contribution in [2.45, 2.75) is 26.9 Å². The Morgan fingerprint density at radius 1 is 1.32 bits per heavy atom. The monoisotopic (exact) mass is 338 g/mol. The van der Waals surface area contributed by atoms with Crippen LogP contribution >= 0.6 is 0 Å². The fourth-order valence-corrected chi connectivity index (χ4v) is 2.88. The summed E-state index contributed by atoms with van der Waals surface area (Å²) in [7, 11) is 0. The highest BCUT2D eigenvalue weighted by Crippen LogP contribution is 2.27. The number of nitrogens with zero attached hydrogens (tertiary/aromatic N) is 2. The van der Waals surface area contributed by atoms with Crippen LogP contribution in [0.1, 0.15) is 18.2 Å². The van der Waals surface area contributed by atoms with Crippen molar-refractivity contribution in [3.63, 3.8) is 0 Å². The standard InChI is InChI=1S/C19H22N4O2/c1-3-25-19(24)12-23-8-7-15-16(5-4-6-17(15)23)22-18-10-14(11-20)9-13(2)21-18/h4-10H,3,11-12,20H2,1-2H3,(H,21,22). The molecule has 3 rings (SSSR count). The van der Waals surface area contributed by atoms with Gasteiger partial charge in [-0.1, -0.05) is 6.07 Å². The van der Waals surface area contributed by atoms with Crippen LogP contribution in [0.3, 0.4) is 0 Å². The van der Waals surface area contributed by atoms with E-state index in [4.69, 9.17) is 10.5 Å². The summed E-state index contributed by atoms with van der Waals surface area (Å²) >= 11 is 0. The number of nitrogens with two attached hydrogens (primary N) is 1. The summed E-state index contributed by atoms with van der Waals surface area (Å²) in [5, 5.41) is 4.38. The van der Waals surface area contributed by atoms with Crippen molar-refractivity contribution < 1.29 is 9.53 Å². The van der Waals surface area contributed by atoms with E-state index in [9.17, 15) is 4.79 Å². The van der Waals surface area contributed by atoms with Gasteiger partial charge < -0.3 is 20.4 Å². The maximum Gasteiger partial charge on any atom is 0.325 e. The number of carbonyl (C=O) groups excluding carboxylic acids is 1. The predicted molar refractivity (Wildman–Crippen MR) is 98.7 cm³/mol. The first-order valence-electron chi connectivity index (χ1n) is 8.29. The second-order valence-corrected chi connectivity index (χ2v) is 5.82. The molecule has 0 spiro atoms. The van der Waals surface area contributed by atoms with Gasteiger partial charge in [-0.3, -0.25) is 4.79 Å². The van der Waals surface area contributed by atoms with E-state index < -0.39 is 0 Å². The molecule has 2 heterocycles. The molecule has 0 aliphatic heterocycles. The molecule has 3 aromatic rings. The van der Waals surface area contributed by atoms with Crippen molar-refractivity contribution in [1.82, 2.24) is 9.55 Å². The van der Waals surface area contributed by atoms with Gasteiger partial charge in [-0.15, -0.1) is 0 Å². The average molecular weight is 338 g/mol. The molecule has 6 nitrogen and oxygen atoms in total. The van der Waals surface area contributed by atoms with Gasteiger partial charge >= 0.3 is 5.97 Å². The zero-order valence-corrected chi connectivity index (χ0v) is 14.5. The molecule has 130 valence electrons. The van der Waals surface area contributed by atoms with Crippen LogP contribution in [-0.4, -0.2) is 22.1 Å². The molecule has 6 heteroatoms. The van der Waals surface area contributed by atoms with E-state index in [0.29, 0.717) is 13.2 Å². The summed E-state index contributed by atoms with van der Waals surface area (Å²) in [5.41, 5.74) is 9.58. The number of hydrogen-bond acceptors (Lipinski definition) is 5. The summed E-state index contributed by atoms with van der Waals surface area (Å²) in [5.74, 6) is 0.511. The fraction of sp³-hybridized carbons (Fsp3) is 0.263. The van der Waals surface area contributed by atoms with Gasteiger partial charge in [0.2, 0.25) is 0 Å².